The Balaban J connectivity index is 1.37. The molecule has 5 rings (SSSR count). The Morgan fingerprint density at radius 3 is 2.66 bits per heavy atom. The van der Waals surface area contributed by atoms with E-state index < -0.39 is 17.1 Å². The number of nitrogens with zero attached hydrogens (tertiary/aromatic N) is 1. The topological polar surface area (TPSA) is 96.2 Å². The standard InChI is InChI=1S/C26H37NO5/c1-24-11-9-18(28)13-16(24)7-8-19-20-10-12-26(31,25(20,2)14-21(29)23(19)24)22(30)15-32-27-17-5-3-4-6-17/h13,19-21,23,29,31H,3-12,14-15H2,1-2H3/t19?,20?,21-,23?,24?,25?,26-/m0/s1. The highest BCUT2D eigenvalue weighted by Gasteiger charge is 2.68. The lowest BCUT2D eigenvalue weighted by molar-refractivity contribution is -0.183. The molecule has 0 aliphatic heterocycles. The Kier molecular flexibility index (Phi) is 5.40. The van der Waals surface area contributed by atoms with Crippen LogP contribution in [0.5, 0.6) is 0 Å². The zero-order valence-corrected chi connectivity index (χ0v) is 19.4. The van der Waals surface area contributed by atoms with E-state index in [1.807, 2.05) is 13.0 Å². The lowest BCUT2D eigenvalue weighted by atomic mass is 9.45. The molecule has 0 aromatic carbocycles. The predicted octanol–water partition coefficient (Wildman–Crippen LogP) is 3.74. The lowest BCUT2D eigenvalue weighted by Gasteiger charge is -2.60. The highest BCUT2D eigenvalue weighted by Crippen LogP contribution is 2.67. The minimum absolute atomic E-state index is 0.0798. The largest absolute Gasteiger partial charge is 0.393 e. The molecule has 6 heteroatoms. The number of oxime groups is 1. The maximum absolute atomic E-state index is 13.2. The van der Waals surface area contributed by atoms with E-state index in [1.54, 1.807) is 0 Å². The van der Waals surface area contributed by atoms with E-state index >= 15 is 0 Å². The third kappa shape index (κ3) is 3.16. The van der Waals surface area contributed by atoms with Gasteiger partial charge in [0.15, 0.2) is 12.4 Å². The summed E-state index contributed by atoms with van der Waals surface area (Å²) < 4.78 is 0. The zero-order valence-electron chi connectivity index (χ0n) is 19.4. The van der Waals surface area contributed by atoms with Gasteiger partial charge < -0.3 is 15.1 Å². The summed E-state index contributed by atoms with van der Waals surface area (Å²) in [6.07, 6.45) is 10.0. The molecular formula is C26H37NO5. The van der Waals surface area contributed by atoms with Crippen molar-refractivity contribution in [1.29, 1.82) is 0 Å². The monoisotopic (exact) mass is 443 g/mol. The number of fused-ring (bicyclic) bond motifs is 5. The quantitative estimate of drug-likeness (QED) is 0.646. The zero-order chi connectivity index (χ0) is 22.7. The summed E-state index contributed by atoms with van der Waals surface area (Å²) in [6.45, 7) is 4.01. The van der Waals surface area contributed by atoms with Crippen LogP contribution >= 0.6 is 0 Å². The van der Waals surface area contributed by atoms with Crippen molar-refractivity contribution in [2.45, 2.75) is 96.2 Å². The van der Waals surface area contributed by atoms with E-state index in [0.29, 0.717) is 19.3 Å². The number of aliphatic hydroxyl groups excluding tert-OH is 1. The van der Waals surface area contributed by atoms with Crippen molar-refractivity contribution in [2.75, 3.05) is 6.61 Å². The summed E-state index contributed by atoms with van der Waals surface area (Å²) in [7, 11) is 0. The maximum Gasteiger partial charge on any atom is 0.204 e. The van der Waals surface area contributed by atoms with Crippen molar-refractivity contribution in [2.24, 2.45) is 33.7 Å². The highest BCUT2D eigenvalue weighted by atomic mass is 16.6. The molecule has 0 spiro atoms. The Morgan fingerprint density at radius 2 is 1.91 bits per heavy atom. The fourth-order valence-electron chi connectivity index (χ4n) is 8.33. The molecular weight excluding hydrogens is 406 g/mol. The van der Waals surface area contributed by atoms with Crippen molar-refractivity contribution >= 4 is 17.3 Å². The Labute approximate surface area is 190 Å². The van der Waals surface area contributed by atoms with Gasteiger partial charge in [-0.05, 0) is 93.5 Å². The molecule has 0 aromatic heterocycles. The van der Waals surface area contributed by atoms with Gasteiger partial charge in [-0.1, -0.05) is 24.6 Å². The molecule has 0 radical (unpaired) electrons. The Bertz CT molecular complexity index is 871. The van der Waals surface area contributed by atoms with Crippen LogP contribution < -0.4 is 0 Å². The summed E-state index contributed by atoms with van der Waals surface area (Å²) in [5.74, 6) is 0.410. The normalized spacial score (nSPS) is 45.6. The van der Waals surface area contributed by atoms with Gasteiger partial charge in [-0.15, -0.1) is 0 Å². The number of aliphatic hydroxyl groups is 2. The van der Waals surface area contributed by atoms with Gasteiger partial charge in [0.1, 0.15) is 5.60 Å². The second-order valence-corrected chi connectivity index (χ2v) is 11.5. The third-order valence-corrected chi connectivity index (χ3v) is 10.1. The smallest absolute Gasteiger partial charge is 0.204 e. The van der Waals surface area contributed by atoms with E-state index in [4.69, 9.17) is 4.84 Å². The first kappa shape index (κ1) is 22.3. The van der Waals surface area contributed by atoms with Crippen LogP contribution in [0.1, 0.15) is 84.5 Å². The van der Waals surface area contributed by atoms with E-state index in [2.05, 4.69) is 12.1 Å². The number of ketones is 2. The summed E-state index contributed by atoms with van der Waals surface area (Å²) in [4.78, 5) is 30.6. The first-order valence-electron chi connectivity index (χ1n) is 12.5. The molecule has 0 bridgehead atoms. The number of rotatable bonds is 4. The van der Waals surface area contributed by atoms with Crippen molar-refractivity contribution < 1.29 is 24.6 Å². The van der Waals surface area contributed by atoms with Crippen LogP contribution in [0, 0.1) is 28.6 Å². The molecule has 5 aliphatic carbocycles. The van der Waals surface area contributed by atoms with E-state index in [-0.39, 0.29) is 41.3 Å². The molecule has 4 saturated carbocycles. The average molecular weight is 444 g/mol. The van der Waals surface area contributed by atoms with E-state index in [0.717, 1.165) is 57.1 Å². The molecule has 6 nitrogen and oxygen atoms in total. The Hall–Kier alpha value is -1.53. The molecule has 32 heavy (non-hydrogen) atoms. The number of hydrogen-bond acceptors (Lipinski definition) is 6. The fourth-order valence-corrected chi connectivity index (χ4v) is 8.33. The first-order valence-corrected chi connectivity index (χ1v) is 12.5. The predicted molar refractivity (Wildman–Crippen MR) is 120 cm³/mol. The number of carbonyl (C=O) groups is 2. The summed E-state index contributed by atoms with van der Waals surface area (Å²) in [5.41, 5.74) is -0.124. The minimum Gasteiger partial charge on any atom is -0.393 e. The van der Waals surface area contributed by atoms with Gasteiger partial charge >= 0.3 is 0 Å². The van der Waals surface area contributed by atoms with E-state index in [1.165, 1.54) is 5.57 Å². The van der Waals surface area contributed by atoms with Crippen molar-refractivity contribution in [3.05, 3.63) is 11.6 Å². The molecule has 5 aliphatic rings. The minimum atomic E-state index is -1.49. The van der Waals surface area contributed by atoms with Gasteiger partial charge in [0.05, 0.1) is 11.8 Å². The molecule has 4 fully saturated rings. The van der Waals surface area contributed by atoms with Gasteiger partial charge in [0.25, 0.3) is 0 Å². The number of Topliss-reactive ketones (excluding diaryl/α,β-unsaturated/α-hetero) is 1. The van der Waals surface area contributed by atoms with Gasteiger partial charge in [-0.2, -0.15) is 0 Å². The van der Waals surface area contributed by atoms with Crippen LogP contribution in [-0.2, 0) is 14.4 Å². The van der Waals surface area contributed by atoms with Crippen LogP contribution in [-0.4, -0.2) is 45.8 Å². The van der Waals surface area contributed by atoms with Gasteiger partial charge in [-0.3, -0.25) is 9.59 Å². The second kappa shape index (κ2) is 7.76. The molecule has 2 N–H and O–H groups in total. The number of hydrogen-bond donors (Lipinski definition) is 2. The molecule has 5 unspecified atom stereocenters. The van der Waals surface area contributed by atoms with Gasteiger partial charge in [-0.25, -0.2) is 0 Å². The number of allylic oxidation sites excluding steroid dienone is 1. The van der Waals surface area contributed by atoms with Gasteiger partial charge in [0, 0.05) is 11.8 Å². The van der Waals surface area contributed by atoms with Crippen molar-refractivity contribution in [3.63, 3.8) is 0 Å². The lowest BCUT2D eigenvalue weighted by Crippen LogP contribution is -2.62. The summed E-state index contributed by atoms with van der Waals surface area (Å²) in [5, 5.41) is 27.3. The molecule has 176 valence electrons. The van der Waals surface area contributed by atoms with Crippen LogP contribution in [0.25, 0.3) is 0 Å². The summed E-state index contributed by atoms with van der Waals surface area (Å²) in [6, 6.07) is 0. The van der Waals surface area contributed by atoms with Crippen LogP contribution in [0.4, 0.5) is 0 Å². The Morgan fingerprint density at radius 1 is 1.16 bits per heavy atom. The maximum atomic E-state index is 13.2. The molecule has 7 atom stereocenters. The second-order valence-electron chi connectivity index (χ2n) is 11.5. The fraction of sp³-hybridized carbons (Fsp3) is 0.808. The molecule has 0 aromatic rings. The molecule has 0 saturated heterocycles. The van der Waals surface area contributed by atoms with Crippen molar-refractivity contribution in [1.82, 2.24) is 0 Å². The van der Waals surface area contributed by atoms with Crippen LogP contribution in [0.3, 0.4) is 0 Å². The van der Waals surface area contributed by atoms with Crippen molar-refractivity contribution in [3.8, 4) is 0 Å². The van der Waals surface area contributed by atoms with Crippen LogP contribution in [0.2, 0.25) is 0 Å². The number of carbonyl (C=O) groups excluding carboxylic acids is 2. The summed E-state index contributed by atoms with van der Waals surface area (Å²) >= 11 is 0. The van der Waals surface area contributed by atoms with Crippen LogP contribution in [0.15, 0.2) is 16.8 Å². The van der Waals surface area contributed by atoms with Gasteiger partial charge in [0.2, 0.25) is 5.78 Å². The highest BCUT2D eigenvalue weighted by molar-refractivity contribution is 5.92. The average Bonchev–Trinajstić information content (AvgIpc) is 3.35. The molecule has 0 heterocycles. The third-order valence-electron chi connectivity index (χ3n) is 10.1. The van der Waals surface area contributed by atoms with E-state index in [9.17, 15) is 19.8 Å². The molecule has 0 amide bonds. The SMILES string of the molecule is CC12CCC(=O)C=C1CCC1C2[C@@H](O)CC2(C)C1CC[C@]2(O)C(=O)CON=C1CCCC1. The first-order chi connectivity index (χ1) is 15.2.